The number of nitrogens with zero attached hydrogens (tertiary/aromatic N) is 7. The molecule has 584 valence electrons. The maximum absolute atomic E-state index is 9.75. The number of hydrogen-bond acceptors (Lipinski definition) is 7. The molecule has 2 heterocycles. The third-order valence-corrected chi connectivity index (χ3v) is 25.7. The summed E-state index contributed by atoms with van der Waals surface area (Å²) in [6, 6.07) is 162. The first kappa shape index (κ1) is 74.1. The van der Waals surface area contributed by atoms with Crippen LogP contribution in [0.25, 0.3) is 179 Å². The van der Waals surface area contributed by atoms with E-state index in [-0.39, 0.29) is 0 Å². The van der Waals surface area contributed by atoms with E-state index in [0.29, 0.717) is 34.4 Å². The second-order valence-corrected chi connectivity index (χ2v) is 32.6. The molecule has 0 fully saturated rings. The van der Waals surface area contributed by atoms with Crippen LogP contribution >= 0.6 is 0 Å². The molecule has 7 heteroatoms. The first-order chi connectivity index (χ1) is 62.3. The van der Waals surface area contributed by atoms with Crippen LogP contribution in [-0.2, 0) is 10.8 Å². The number of hydrogen-bond donors (Lipinski definition) is 0. The zero-order chi connectivity index (χ0) is 83.8. The molecule has 0 N–H and O–H groups in total. The van der Waals surface area contributed by atoms with Crippen molar-refractivity contribution in [3.05, 3.63) is 498 Å². The summed E-state index contributed by atoms with van der Waals surface area (Å²) in [5.74, 6) is 2.57. The van der Waals surface area contributed by atoms with Gasteiger partial charge in [0.15, 0.2) is 23.3 Å². The Hall–Kier alpha value is -17.0. The molecule has 0 bridgehead atoms. The molecule has 0 amide bonds. The predicted molar refractivity (Wildman–Crippen MR) is 509 cm³/mol. The van der Waals surface area contributed by atoms with Gasteiger partial charge in [-0.15, -0.1) is 0 Å². The Kier molecular flexibility index (Phi) is 18.0. The Bertz CT molecular complexity index is 7170. The zero-order valence-electron chi connectivity index (χ0n) is 68.3. The summed E-state index contributed by atoms with van der Waals surface area (Å²) in [5.41, 5.74) is 41.6. The Morgan fingerprint density at radius 1 is 0.151 bits per heavy atom. The van der Waals surface area contributed by atoms with E-state index in [2.05, 4.69) is 334 Å². The van der Waals surface area contributed by atoms with Crippen LogP contribution in [0.3, 0.4) is 0 Å². The molecule has 0 atom stereocenters. The largest absolute Gasteiger partial charge is 0.228 e. The maximum atomic E-state index is 9.75. The minimum absolute atomic E-state index is 0.474. The van der Waals surface area contributed by atoms with E-state index in [9.17, 15) is 10.5 Å². The fourth-order valence-corrected chi connectivity index (χ4v) is 20.1. The van der Waals surface area contributed by atoms with Crippen molar-refractivity contribution < 1.29 is 0 Å². The van der Waals surface area contributed by atoms with Crippen LogP contribution < -0.4 is 0 Å². The summed E-state index contributed by atoms with van der Waals surface area (Å²) in [4.78, 5) is 25.2. The van der Waals surface area contributed by atoms with Crippen molar-refractivity contribution in [1.29, 1.82) is 10.5 Å². The van der Waals surface area contributed by atoms with Crippen molar-refractivity contribution in [2.45, 2.75) is 10.8 Å². The van der Waals surface area contributed by atoms with Crippen LogP contribution in [0.2, 0.25) is 0 Å². The summed E-state index contributed by atoms with van der Waals surface area (Å²) in [6.07, 6.45) is 0. The lowest BCUT2D eigenvalue weighted by Crippen LogP contribution is -2.25. The minimum Gasteiger partial charge on any atom is -0.228 e. The van der Waals surface area contributed by atoms with Crippen LogP contribution in [0.5, 0.6) is 0 Å². The average molecular weight is 1600 g/mol. The monoisotopic (exact) mass is 1600 g/mol. The fourth-order valence-electron chi connectivity index (χ4n) is 20.1. The SMILES string of the molecule is N#Cc1ccc(-c2cc3c(cc2-c2cccc(-c4cccc(-c5cc(-c6ccccc6)nc(-c6ccccc6)n5)c4)c2)C2(c4ccccc4-c4ccccc42)c2ccccc2-3)cc1.N#Cc1ccc(-c2cc3c(cc2-c2cccc(-c4cccc(-c5nc(-c6ccccc6)nc(-c6ccccc6)n5)c4)c2)C2(c4ccccc4-c4ccccc42)c2ccccc2-3)cc1. The maximum Gasteiger partial charge on any atom is 0.164 e. The van der Waals surface area contributed by atoms with Crippen molar-refractivity contribution in [2.75, 3.05) is 0 Å². The van der Waals surface area contributed by atoms with Gasteiger partial charge in [-0.2, -0.15) is 10.5 Å². The van der Waals surface area contributed by atoms with E-state index >= 15 is 0 Å². The van der Waals surface area contributed by atoms with Gasteiger partial charge in [0.2, 0.25) is 0 Å². The second-order valence-electron chi connectivity index (χ2n) is 32.6. The van der Waals surface area contributed by atoms with Gasteiger partial charge in [-0.05, 0) is 235 Å². The van der Waals surface area contributed by atoms with Crippen LogP contribution in [0.4, 0.5) is 0 Å². The van der Waals surface area contributed by atoms with Gasteiger partial charge in [0.05, 0.1) is 45.5 Å². The van der Waals surface area contributed by atoms with Crippen molar-refractivity contribution in [1.82, 2.24) is 24.9 Å². The summed E-state index contributed by atoms with van der Waals surface area (Å²) in [7, 11) is 0. The first-order valence-electron chi connectivity index (χ1n) is 42.6. The molecule has 2 aromatic heterocycles. The Balaban J connectivity index is 0.000000145. The molecular formula is C119H73N7. The highest BCUT2D eigenvalue weighted by molar-refractivity contribution is 6.02. The van der Waals surface area contributed by atoms with Crippen LogP contribution in [0.15, 0.2) is 443 Å². The molecule has 2 spiro atoms. The van der Waals surface area contributed by atoms with E-state index in [1.54, 1.807) is 0 Å². The Morgan fingerprint density at radius 3 is 0.746 bits per heavy atom. The lowest BCUT2D eigenvalue weighted by atomic mass is 9.70. The number of benzene rings is 18. The normalized spacial score (nSPS) is 12.6. The summed E-state index contributed by atoms with van der Waals surface area (Å²) >= 11 is 0. The van der Waals surface area contributed by atoms with Crippen LogP contribution in [0, 0.1) is 22.7 Å². The highest BCUT2D eigenvalue weighted by Crippen LogP contribution is 2.66. The van der Waals surface area contributed by atoms with Gasteiger partial charge < -0.3 is 0 Å². The molecule has 0 saturated heterocycles. The molecule has 0 saturated carbocycles. The molecule has 4 aliphatic rings. The van der Waals surface area contributed by atoms with E-state index in [1.807, 2.05) is 121 Å². The zero-order valence-corrected chi connectivity index (χ0v) is 68.3. The minimum atomic E-state index is -0.481. The van der Waals surface area contributed by atoms with Gasteiger partial charge in [0.1, 0.15) is 0 Å². The fraction of sp³-hybridized carbons (Fsp3) is 0.0168. The van der Waals surface area contributed by atoms with Crippen molar-refractivity contribution in [3.8, 4) is 191 Å². The van der Waals surface area contributed by atoms with Gasteiger partial charge >= 0.3 is 0 Å². The summed E-state index contributed by atoms with van der Waals surface area (Å²) < 4.78 is 0. The van der Waals surface area contributed by atoms with Gasteiger partial charge in [0, 0.05) is 33.4 Å². The number of nitriles is 2. The third-order valence-electron chi connectivity index (χ3n) is 25.7. The van der Waals surface area contributed by atoms with Gasteiger partial charge in [0.25, 0.3) is 0 Å². The quantitative estimate of drug-likeness (QED) is 0.120. The second kappa shape index (κ2) is 30.6. The standard InChI is InChI=1S/C60H37N3.C59H36N4/c61-38-39-29-31-40(32-30-39)50-35-52-49-25-9-12-28-55(49)60(53-26-10-7-23-47(53)48-24-8-11-27-54(48)60)56(52)36-51(50)45-21-13-19-43(33-45)44-20-14-22-46(34-44)58-37-57(41-15-3-1-4-16-41)62-59(63-58)42-17-5-2-6-18-42;60-37-38-29-31-39(32-30-38)49-35-51-48-25-9-12-28-54(48)59(52-26-10-7-23-46(52)47-24-8-11-27-53(47)59)55(51)36-50(49)44-21-13-19-42(33-44)43-20-14-22-45(34-43)58-62-56(40-15-3-1-4-16-40)61-57(63-58)41-17-5-2-6-18-41/h1-37H;1-36H. The van der Waals surface area contributed by atoms with E-state index in [4.69, 9.17) is 24.9 Å². The Morgan fingerprint density at radius 2 is 0.397 bits per heavy atom. The smallest absolute Gasteiger partial charge is 0.164 e. The Labute approximate surface area is 731 Å². The van der Waals surface area contributed by atoms with Gasteiger partial charge in [-0.25, -0.2) is 24.9 Å². The van der Waals surface area contributed by atoms with E-state index in [1.165, 1.54) is 89.0 Å². The van der Waals surface area contributed by atoms with Crippen LogP contribution in [-0.4, -0.2) is 24.9 Å². The molecule has 0 unspecified atom stereocenters. The number of fused-ring (bicyclic) bond motifs is 20. The van der Waals surface area contributed by atoms with Gasteiger partial charge in [-0.1, -0.05) is 364 Å². The van der Waals surface area contributed by atoms with E-state index < -0.39 is 10.8 Å². The molecule has 4 aliphatic carbocycles. The molecule has 20 aromatic rings. The molecule has 24 rings (SSSR count). The van der Waals surface area contributed by atoms with Crippen LogP contribution in [0.1, 0.15) is 55.6 Å². The lowest BCUT2D eigenvalue weighted by Gasteiger charge is -2.31. The first-order valence-corrected chi connectivity index (χ1v) is 42.6. The van der Waals surface area contributed by atoms with Crippen molar-refractivity contribution in [2.24, 2.45) is 0 Å². The van der Waals surface area contributed by atoms with Gasteiger partial charge in [-0.3, -0.25) is 0 Å². The predicted octanol–water partition coefficient (Wildman–Crippen LogP) is 28.8. The van der Waals surface area contributed by atoms with Crippen molar-refractivity contribution in [3.63, 3.8) is 0 Å². The molecule has 0 radical (unpaired) electrons. The summed E-state index contributed by atoms with van der Waals surface area (Å²) in [6.45, 7) is 0. The number of rotatable bonds is 12. The molecule has 126 heavy (non-hydrogen) atoms. The van der Waals surface area contributed by atoms with Crippen molar-refractivity contribution >= 4 is 0 Å². The lowest BCUT2D eigenvalue weighted by molar-refractivity contribution is 0.794. The third kappa shape index (κ3) is 12.3. The molecule has 0 aliphatic heterocycles. The number of aromatic nitrogens is 5. The topological polar surface area (TPSA) is 112 Å². The molecular weight excluding hydrogens is 1530 g/mol. The average Bonchev–Trinajstić information content (AvgIpc) is 1.51. The molecule has 7 nitrogen and oxygen atoms in total. The highest BCUT2D eigenvalue weighted by atomic mass is 15.0. The molecule has 18 aromatic carbocycles. The highest BCUT2D eigenvalue weighted by Gasteiger charge is 2.54. The van der Waals surface area contributed by atoms with E-state index in [0.717, 1.165) is 112 Å². The summed E-state index contributed by atoms with van der Waals surface area (Å²) in [5, 5.41) is 19.5.